The molecule has 0 saturated carbocycles. The van der Waals surface area contributed by atoms with Crippen molar-refractivity contribution in [3.63, 3.8) is 0 Å². The highest BCUT2D eigenvalue weighted by molar-refractivity contribution is 6.31. The monoisotopic (exact) mass is 242 g/mol. The zero-order chi connectivity index (χ0) is 12.1. The number of hydrogen-bond acceptors (Lipinski definition) is 2. The Hall–Kier alpha value is -1.75. The normalized spacial score (nSPS) is 9.62. The Kier molecular flexibility index (Phi) is 4.13. The van der Waals surface area contributed by atoms with Crippen molar-refractivity contribution in [2.45, 2.75) is 6.92 Å². The number of aromatic carboxylic acids is 1. The average molecular weight is 243 g/mol. The van der Waals surface area contributed by atoms with E-state index in [0.717, 1.165) is 0 Å². The number of anilines is 1. The molecule has 0 bridgehead atoms. The van der Waals surface area contributed by atoms with Crippen molar-refractivity contribution >= 4 is 29.3 Å². The summed E-state index contributed by atoms with van der Waals surface area (Å²) in [6, 6.07) is 3.79. The van der Waals surface area contributed by atoms with Crippen molar-refractivity contribution in [2.24, 2.45) is 0 Å². The third-order valence-corrected chi connectivity index (χ3v) is 2.03. The van der Waals surface area contributed by atoms with Crippen LogP contribution in [0.2, 0.25) is 5.02 Å². The number of halogens is 1. The summed E-state index contributed by atoms with van der Waals surface area (Å²) in [4.78, 5) is 22.1. The van der Waals surface area contributed by atoms with Gasteiger partial charge >= 0.3 is 12.0 Å². The van der Waals surface area contributed by atoms with Crippen LogP contribution in [0.15, 0.2) is 18.2 Å². The van der Waals surface area contributed by atoms with Gasteiger partial charge < -0.3 is 15.7 Å². The second kappa shape index (κ2) is 5.37. The molecule has 0 aliphatic rings. The van der Waals surface area contributed by atoms with Gasteiger partial charge in [-0.1, -0.05) is 11.6 Å². The van der Waals surface area contributed by atoms with Crippen LogP contribution < -0.4 is 10.6 Å². The first kappa shape index (κ1) is 12.3. The highest BCUT2D eigenvalue weighted by atomic mass is 35.5. The number of amides is 2. The average Bonchev–Trinajstić information content (AvgIpc) is 2.20. The molecule has 3 N–H and O–H groups in total. The predicted molar refractivity (Wildman–Crippen MR) is 61.1 cm³/mol. The van der Waals surface area contributed by atoms with Crippen LogP contribution in [0.25, 0.3) is 0 Å². The number of carboxylic acids is 1. The van der Waals surface area contributed by atoms with E-state index in [9.17, 15) is 9.59 Å². The Morgan fingerprint density at radius 3 is 2.69 bits per heavy atom. The van der Waals surface area contributed by atoms with Crippen molar-refractivity contribution in [3.05, 3.63) is 28.8 Å². The Morgan fingerprint density at radius 2 is 2.12 bits per heavy atom. The molecule has 0 spiro atoms. The molecular weight excluding hydrogens is 232 g/mol. The maximum absolute atomic E-state index is 11.2. The molecule has 1 aromatic rings. The standard InChI is InChI=1S/C10H11ClN2O3/c1-2-12-10(16)13-8-4-3-6(11)5-7(8)9(14)15/h3-5H,2H2,1H3,(H,14,15)(H2,12,13,16). The second-order valence-electron chi connectivity index (χ2n) is 2.98. The molecule has 0 fully saturated rings. The summed E-state index contributed by atoms with van der Waals surface area (Å²) in [6.07, 6.45) is 0. The van der Waals surface area contributed by atoms with E-state index in [1.54, 1.807) is 6.92 Å². The van der Waals surface area contributed by atoms with Crippen molar-refractivity contribution in [3.8, 4) is 0 Å². The molecule has 86 valence electrons. The topological polar surface area (TPSA) is 78.4 Å². The molecule has 6 heteroatoms. The quantitative estimate of drug-likeness (QED) is 0.760. The van der Waals surface area contributed by atoms with Gasteiger partial charge in [0.15, 0.2) is 0 Å². The Bertz CT molecular complexity index is 421. The van der Waals surface area contributed by atoms with Gasteiger partial charge in [-0.05, 0) is 25.1 Å². The van der Waals surface area contributed by atoms with Gasteiger partial charge in [-0.2, -0.15) is 0 Å². The minimum absolute atomic E-state index is 0.0428. The minimum Gasteiger partial charge on any atom is -0.478 e. The van der Waals surface area contributed by atoms with Gasteiger partial charge in [-0.25, -0.2) is 9.59 Å². The van der Waals surface area contributed by atoms with Crippen LogP contribution in [-0.4, -0.2) is 23.7 Å². The van der Waals surface area contributed by atoms with E-state index >= 15 is 0 Å². The number of carboxylic acid groups (broad SMARTS) is 1. The van der Waals surface area contributed by atoms with E-state index in [2.05, 4.69) is 10.6 Å². The molecule has 0 aliphatic heterocycles. The fourth-order valence-corrected chi connectivity index (χ4v) is 1.30. The van der Waals surface area contributed by atoms with E-state index in [1.165, 1.54) is 18.2 Å². The van der Waals surface area contributed by atoms with Crippen LogP contribution in [0.5, 0.6) is 0 Å². The number of rotatable bonds is 3. The zero-order valence-corrected chi connectivity index (χ0v) is 9.34. The van der Waals surface area contributed by atoms with Crippen molar-refractivity contribution in [1.82, 2.24) is 5.32 Å². The molecule has 1 rings (SSSR count). The summed E-state index contributed by atoms with van der Waals surface area (Å²) < 4.78 is 0. The van der Waals surface area contributed by atoms with Gasteiger partial charge in [-0.15, -0.1) is 0 Å². The number of hydrogen-bond donors (Lipinski definition) is 3. The molecule has 0 unspecified atom stereocenters. The minimum atomic E-state index is -1.14. The van der Waals surface area contributed by atoms with E-state index in [4.69, 9.17) is 16.7 Å². The van der Waals surface area contributed by atoms with E-state index in [-0.39, 0.29) is 11.3 Å². The van der Waals surface area contributed by atoms with Crippen molar-refractivity contribution in [1.29, 1.82) is 0 Å². The third kappa shape index (κ3) is 3.13. The van der Waals surface area contributed by atoms with E-state index in [0.29, 0.717) is 11.6 Å². The molecule has 1 aromatic carbocycles. The lowest BCUT2D eigenvalue weighted by atomic mass is 10.2. The maximum atomic E-state index is 11.2. The van der Waals surface area contributed by atoms with E-state index in [1.807, 2.05) is 0 Å². The highest BCUT2D eigenvalue weighted by Crippen LogP contribution is 2.20. The second-order valence-corrected chi connectivity index (χ2v) is 3.42. The summed E-state index contributed by atoms with van der Waals surface area (Å²) in [5.74, 6) is -1.14. The molecule has 0 heterocycles. The fraction of sp³-hybridized carbons (Fsp3) is 0.200. The first-order chi connectivity index (χ1) is 7.54. The number of urea groups is 1. The number of nitrogens with one attached hydrogen (secondary N) is 2. The lowest BCUT2D eigenvalue weighted by Gasteiger charge is -2.08. The highest BCUT2D eigenvalue weighted by Gasteiger charge is 2.12. The van der Waals surface area contributed by atoms with Gasteiger partial charge in [0.25, 0.3) is 0 Å². The molecule has 2 amide bonds. The van der Waals surface area contributed by atoms with Gasteiger partial charge in [0.05, 0.1) is 11.3 Å². The third-order valence-electron chi connectivity index (χ3n) is 1.80. The molecule has 0 aromatic heterocycles. The van der Waals surface area contributed by atoms with Gasteiger partial charge in [-0.3, -0.25) is 0 Å². The first-order valence-electron chi connectivity index (χ1n) is 4.62. The van der Waals surface area contributed by atoms with Crippen LogP contribution in [0.3, 0.4) is 0 Å². The summed E-state index contributed by atoms with van der Waals surface area (Å²) >= 11 is 5.67. The maximum Gasteiger partial charge on any atom is 0.337 e. The van der Waals surface area contributed by atoms with Crippen LogP contribution >= 0.6 is 11.6 Å². The SMILES string of the molecule is CCNC(=O)Nc1ccc(Cl)cc1C(=O)O. The number of carbonyl (C=O) groups is 2. The van der Waals surface area contributed by atoms with Crippen molar-refractivity contribution < 1.29 is 14.7 Å². The summed E-state index contributed by atoms with van der Waals surface area (Å²) in [5, 5.41) is 14.1. The predicted octanol–water partition coefficient (Wildman–Crippen LogP) is 2.18. The largest absolute Gasteiger partial charge is 0.478 e. The van der Waals surface area contributed by atoms with Crippen LogP contribution in [0.1, 0.15) is 17.3 Å². The van der Waals surface area contributed by atoms with E-state index < -0.39 is 12.0 Å². The van der Waals surface area contributed by atoms with Gasteiger partial charge in [0.2, 0.25) is 0 Å². The number of benzene rings is 1. The Morgan fingerprint density at radius 1 is 1.44 bits per heavy atom. The lowest BCUT2D eigenvalue weighted by molar-refractivity contribution is 0.0698. The van der Waals surface area contributed by atoms with Crippen molar-refractivity contribution in [2.75, 3.05) is 11.9 Å². The van der Waals surface area contributed by atoms with Crippen LogP contribution in [0, 0.1) is 0 Å². The number of carbonyl (C=O) groups excluding carboxylic acids is 1. The molecule has 0 saturated heterocycles. The summed E-state index contributed by atoms with van der Waals surface area (Å²) in [7, 11) is 0. The van der Waals surface area contributed by atoms with Gasteiger partial charge in [0, 0.05) is 11.6 Å². The molecule has 16 heavy (non-hydrogen) atoms. The van der Waals surface area contributed by atoms with Crippen LogP contribution in [0.4, 0.5) is 10.5 Å². The molecule has 5 nitrogen and oxygen atoms in total. The summed E-state index contributed by atoms with van der Waals surface area (Å²) in [6.45, 7) is 2.22. The van der Waals surface area contributed by atoms with Crippen LogP contribution in [-0.2, 0) is 0 Å². The molecule has 0 aliphatic carbocycles. The Balaban J connectivity index is 2.95. The molecular formula is C10H11ClN2O3. The Labute approximate surface area is 97.4 Å². The fourth-order valence-electron chi connectivity index (χ4n) is 1.13. The lowest BCUT2D eigenvalue weighted by Crippen LogP contribution is -2.28. The molecule has 0 radical (unpaired) electrons. The summed E-state index contributed by atoms with van der Waals surface area (Å²) in [5.41, 5.74) is 0.168. The molecule has 0 atom stereocenters. The zero-order valence-electron chi connectivity index (χ0n) is 8.58. The smallest absolute Gasteiger partial charge is 0.337 e. The van der Waals surface area contributed by atoms with Gasteiger partial charge in [0.1, 0.15) is 0 Å². The first-order valence-corrected chi connectivity index (χ1v) is 5.00.